The second kappa shape index (κ2) is 5.18. The van der Waals surface area contributed by atoms with Crippen LogP contribution in [0, 0.1) is 11.6 Å². The Balaban J connectivity index is 2.89. The Kier molecular flexibility index (Phi) is 4.14. The maximum absolute atomic E-state index is 13.2. The van der Waals surface area contributed by atoms with Crippen molar-refractivity contribution in [2.45, 2.75) is 6.42 Å². The van der Waals surface area contributed by atoms with Gasteiger partial charge in [0.1, 0.15) is 5.82 Å². The van der Waals surface area contributed by atoms with E-state index in [1.165, 1.54) is 0 Å². The van der Waals surface area contributed by atoms with E-state index in [4.69, 9.17) is 17.3 Å². The highest BCUT2D eigenvalue weighted by molar-refractivity contribution is 7.80. The Hall–Kier alpha value is -1.27. The zero-order valence-electron chi connectivity index (χ0n) is 7.89. The third-order valence-electron chi connectivity index (χ3n) is 1.61. The second-order valence-electron chi connectivity index (χ2n) is 2.94. The fraction of sp³-hybridized carbons (Fsp3) is 0.111. The van der Waals surface area contributed by atoms with Crippen LogP contribution in [0.15, 0.2) is 12.1 Å². The van der Waals surface area contributed by atoms with E-state index in [9.17, 15) is 13.6 Å². The summed E-state index contributed by atoms with van der Waals surface area (Å²) in [5, 5.41) is 1.93. The summed E-state index contributed by atoms with van der Waals surface area (Å²) in [5.41, 5.74) is 4.84. The molecule has 0 saturated carbocycles. The SMILES string of the molecule is NC(=S)CC(=O)Nc1c(F)cc(F)cc1Cl. The molecule has 0 aliphatic carbocycles. The number of anilines is 1. The number of carbonyl (C=O) groups excluding carboxylic acids is 1. The highest BCUT2D eigenvalue weighted by Gasteiger charge is 2.13. The summed E-state index contributed by atoms with van der Waals surface area (Å²) in [7, 11) is 0. The van der Waals surface area contributed by atoms with Crippen molar-refractivity contribution in [2.75, 3.05) is 5.32 Å². The topological polar surface area (TPSA) is 55.1 Å². The van der Waals surface area contributed by atoms with Gasteiger partial charge in [0.2, 0.25) is 5.91 Å². The minimum atomic E-state index is -0.957. The number of rotatable bonds is 3. The number of amides is 1. The molecule has 0 heterocycles. The number of halogens is 3. The molecule has 1 aromatic carbocycles. The van der Waals surface area contributed by atoms with Gasteiger partial charge in [0.15, 0.2) is 5.82 Å². The predicted octanol–water partition coefficient (Wildman–Crippen LogP) is 2.23. The number of hydrogen-bond acceptors (Lipinski definition) is 2. The van der Waals surface area contributed by atoms with Crippen molar-refractivity contribution in [1.82, 2.24) is 0 Å². The molecule has 3 nitrogen and oxygen atoms in total. The molecule has 86 valence electrons. The normalized spacial score (nSPS) is 9.94. The van der Waals surface area contributed by atoms with E-state index in [2.05, 4.69) is 17.5 Å². The summed E-state index contributed by atoms with van der Waals surface area (Å²) in [6.45, 7) is 0. The Bertz CT molecular complexity index is 430. The van der Waals surface area contributed by atoms with E-state index in [1.54, 1.807) is 0 Å². The first-order valence-corrected chi connectivity index (χ1v) is 4.91. The molecule has 0 spiro atoms. The lowest BCUT2D eigenvalue weighted by Gasteiger charge is -2.07. The zero-order chi connectivity index (χ0) is 12.3. The molecular formula is C9H7ClF2N2OS. The summed E-state index contributed by atoms with van der Waals surface area (Å²) < 4.78 is 25.9. The summed E-state index contributed by atoms with van der Waals surface area (Å²) in [4.78, 5) is 11.2. The van der Waals surface area contributed by atoms with Crippen molar-refractivity contribution in [3.8, 4) is 0 Å². The number of benzene rings is 1. The Labute approximate surface area is 101 Å². The maximum atomic E-state index is 13.2. The Morgan fingerprint density at radius 3 is 2.62 bits per heavy atom. The van der Waals surface area contributed by atoms with E-state index in [0.29, 0.717) is 6.07 Å². The molecule has 0 saturated heterocycles. The van der Waals surface area contributed by atoms with Crippen LogP contribution in [0.4, 0.5) is 14.5 Å². The lowest BCUT2D eigenvalue weighted by Crippen LogP contribution is -2.20. The average Bonchev–Trinajstić information content (AvgIpc) is 2.09. The molecule has 16 heavy (non-hydrogen) atoms. The third kappa shape index (κ3) is 3.39. The van der Waals surface area contributed by atoms with Crippen LogP contribution in [0.1, 0.15) is 6.42 Å². The van der Waals surface area contributed by atoms with Crippen LogP contribution >= 0.6 is 23.8 Å². The average molecular weight is 265 g/mol. The van der Waals surface area contributed by atoms with E-state index >= 15 is 0 Å². The summed E-state index contributed by atoms with van der Waals surface area (Å²) >= 11 is 10.1. The molecule has 0 bridgehead atoms. The molecule has 1 amide bonds. The molecule has 1 rings (SSSR count). The summed E-state index contributed by atoms with van der Waals surface area (Å²) in [5.74, 6) is -2.39. The number of nitrogens with two attached hydrogens (primary N) is 1. The zero-order valence-corrected chi connectivity index (χ0v) is 9.46. The molecular weight excluding hydrogens is 258 g/mol. The number of carbonyl (C=O) groups is 1. The fourth-order valence-corrected chi connectivity index (χ4v) is 1.38. The van der Waals surface area contributed by atoms with Crippen molar-refractivity contribution in [3.63, 3.8) is 0 Å². The number of thiocarbonyl (C=S) groups is 1. The lowest BCUT2D eigenvalue weighted by atomic mass is 10.2. The predicted molar refractivity (Wildman–Crippen MR) is 61.4 cm³/mol. The van der Waals surface area contributed by atoms with Crippen molar-refractivity contribution >= 4 is 40.4 Å². The van der Waals surface area contributed by atoms with Gasteiger partial charge in [-0.25, -0.2) is 8.78 Å². The fourth-order valence-electron chi connectivity index (χ4n) is 1.00. The van der Waals surface area contributed by atoms with Crippen LogP contribution in [0.25, 0.3) is 0 Å². The maximum Gasteiger partial charge on any atom is 0.231 e. The van der Waals surface area contributed by atoms with Crippen molar-refractivity contribution < 1.29 is 13.6 Å². The van der Waals surface area contributed by atoms with Crippen LogP contribution < -0.4 is 11.1 Å². The van der Waals surface area contributed by atoms with E-state index in [-0.39, 0.29) is 22.1 Å². The number of hydrogen-bond donors (Lipinski definition) is 2. The van der Waals surface area contributed by atoms with Crippen LogP contribution in [0.5, 0.6) is 0 Å². The molecule has 0 fully saturated rings. The minimum absolute atomic E-state index is 0.0313. The van der Waals surface area contributed by atoms with Gasteiger partial charge in [-0.15, -0.1) is 0 Å². The largest absolute Gasteiger partial charge is 0.393 e. The Morgan fingerprint density at radius 2 is 2.12 bits per heavy atom. The first-order chi connectivity index (χ1) is 7.40. The van der Waals surface area contributed by atoms with E-state index < -0.39 is 17.5 Å². The molecule has 0 radical (unpaired) electrons. The molecule has 0 aliphatic heterocycles. The van der Waals surface area contributed by atoms with Gasteiger partial charge >= 0.3 is 0 Å². The van der Waals surface area contributed by atoms with Gasteiger partial charge in [0, 0.05) is 6.07 Å². The highest BCUT2D eigenvalue weighted by Crippen LogP contribution is 2.26. The van der Waals surface area contributed by atoms with Gasteiger partial charge in [-0.2, -0.15) is 0 Å². The lowest BCUT2D eigenvalue weighted by molar-refractivity contribution is -0.115. The standard InChI is InChI=1S/C9H7ClF2N2OS/c10-5-1-4(11)2-6(12)9(5)14-8(15)3-7(13)16/h1-2H,3H2,(H2,13,16)(H,14,15). The summed E-state index contributed by atoms with van der Waals surface area (Å²) in [6.07, 6.45) is -0.234. The van der Waals surface area contributed by atoms with Crippen molar-refractivity contribution in [1.29, 1.82) is 0 Å². The molecule has 7 heteroatoms. The third-order valence-corrected chi connectivity index (χ3v) is 2.05. The van der Waals surface area contributed by atoms with E-state index in [0.717, 1.165) is 6.07 Å². The smallest absolute Gasteiger partial charge is 0.231 e. The monoisotopic (exact) mass is 264 g/mol. The molecule has 0 aromatic heterocycles. The number of nitrogens with one attached hydrogen (secondary N) is 1. The van der Waals surface area contributed by atoms with Crippen molar-refractivity contribution in [3.05, 3.63) is 28.8 Å². The molecule has 0 unspecified atom stereocenters. The van der Waals surface area contributed by atoms with Gasteiger partial charge < -0.3 is 11.1 Å². The highest BCUT2D eigenvalue weighted by atomic mass is 35.5. The van der Waals surface area contributed by atoms with Crippen LogP contribution in [-0.4, -0.2) is 10.9 Å². The first kappa shape index (κ1) is 12.8. The Morgan fingerprint density at radius 1 is 1.50 bits per heavy atom. The van der Waals surface area contributed by atoms with Crippen LogP contribution in [0.2, 0.25) is 5.02 Å². The second-order valence-corrected chi connectivity index (χ2v) is 3.87. The van der Waals surface area contributed by atoms with Gasteiger partial charge in [0.05, 0.1) is 22.1 Å². The van der Waals surface area contributed by atoms with Gasteiger partial charge in [-0.1, -0.05) is 23.8 Å². The quantitative estimate of drug-likeness (QED) is 0.823. The molecule has 1 aromatic rings. The minimum Gasteiger partial charge on any atom is -0.393 e. The van der Waals surface area contributed by atoms with Gasteiger partial charge in [0.25, 0.3) is 0 Å². The summed E-state index contributed by atoms with van der Waals surface area (Å²) in [6, 6.07) is 1.50. The molecule has 0 aliphatic rings. The van der Waals surface area contributed by atoms with Gasteiger partial charge in [-0.05, 0) is 6.07 Å². The van der Waals surface area contributed by atoms with Gasteiger partial charge in [-0.3, -0.25) is 4.79 Å². The first-order valence-electron chi connectivity index (χ1n) is 4.13. The van der Waals surface area contributed by atoms with Crippen LogP contribution in [0.3, 0.4) is 0 Å². The van der Waals surface area contributed by atoms with E-state index in [1.807, 2.05) is 0 Å². The van der Waals surface area contributed by atoms with Crippen molar-refractivity contribution in [2.24, 2.45) is 5.73 Å². The van der Waals surface area contributed by atoms with Crippen LogP contribution in [-0.2, 0) is 4.79 Å². The molecule has 3 N–H and O–H groups in total. The molecule has 0 atom stereocenters.